The molecule has 0 saturated heterocycles. The van der Waals surface area contributed by atoms with Crippen molar-refractivity contribution in [3.05, 3.63) is 24.3 Å². The van der Waals surface area contributed by atoms with E-state index in [2.05, 4.69) is 23.4 Å². The molecule has 1 N–H and O–H groups in total. The van der Waals surface area contributed by atoms with Crippen LogP contribution in [-0.4, -0.2) is 33.0 Å². The summed E-state index contributed by atoms with van der Waals surface area (Å²) in [6.07, 6.45) is 6.57. The van der Waals surface area contributed by atoms with Gasteiger partial charge in [0, 0.05) is 11.0 Å². The fourth-order valence-corrected chi connectivity index (χ4v) is 6.20. The summed E-state index contributed by atoms with van der Waals surface area (Å²) in [7, 11) is 0. The van der Waals surface area contributed by atoms with E-state index < -0.39 is 5.60 Å². The predicted molar refractivity (Wildman–Crippen MR) is 91.1 cm³/mol. The van der Waals surface area contributed by atoms with E-state index in [1.54, 1.807) is 23.1 Å². The molecule has 1 fully saturated rings. The fraction of sp³-hybridized carbons (Fsp3) is 0.533. The van der Waals surface area contributed by atoms with E-state index in [-0.39, 0.29) is 0 Å². The van der Waals surface area contributed by atoms with Crippen LogP contribution in [0.25, 0.3) is 10.2 Å². The van der Waals surface area contributed by atoms with Gasteiger partial charge in [-0.15, -0.1) is 11.3 Å². The molecule has 1 aliphatic carbocycles. The van der Waals surface area contributed by atoms with Crippen LogP contribution in [0.4, 0.5) is 0 Å². The van der Waals surface area contributed by atoms with Gasteiger partial charge in [0.05, 0.1) is 15.8 Å². The van der Waals surface area contributed by atoms with E-state index in [1.165, 1.54) is 11.1 Å². The van der Waals surface area contributed by atoms with Gasteiger partial charge in [-0.1, -0.05) is 36.7 Å². The Kier molecular flexibility index (Phi) is 4.60. The van der Waals surface area contributed by atoms with Crippen molar-refractivity contribution in [1.82, 2.24) is 4.98 Å². The van der Waals surface area contributed by atoms with Crippen molar-refractivity contribution >= 4 is 45.1 Å². The lowest BCUT2D eigenvalue weighted by Gasteiger charge is -2.38. The second-order valence-corrected chi connectivity index (χ2v) is 8.60. The van der Waals surface area contributed by atoms with Crippen molar-refractivity contribution in [2.45, 2.75) is 40.9 Å². The Balaban J connectivity index is 1.71. The second-order valence-electron chi connectivity index (χ2n) is 5.31. The Hall–Kier alpha value is -0.230. The molecule has 1 aromatic carbocycles. The highest BCUT2D eigenvalue weighted by atomic mass is 32.2. The maximum atomic E-state index is 10.9. The molecule has 1 aromatic heterocycles. The normalized spacial score (nSPS) is 27.0. The van der Waals surface area contributed by atoms with E-state index in [4.69, 9.17) is 0 Å². The maximum absolute atomic E-state index is 10.9. The summed E-state index contributed by atoms with van der Waals surface area (Å²) in [6.45, 7) is 0. The van der Waals surface area contributed by atoms with Crippen LogP contribution >= 0.6 is 34.9 Å². The number of rotatable bonds is 4. The molecule has 3 rings (SSSR count). The van der Waals surface area contributed by atoms with Crippen LogP contribution in [0.5, 0.6) is 0 Å². The van der Waals surface area contributed by atoms with Crippen LogP contribution in [0.15, 0.2) is 28.6 Å². The van der Waals surface area contributed by atoms with Crippen molar-refractivity contribution in [1.29, 1.82) is 0 Å². The van der Waals surface area contributed by atoms with E-state index in [0.29, 0.717) is 5.25 Å². The van der Waals surface area contributed by atoms with Crippen molar-refractivity contribution in [2.24, 2.45) is 0 Å². The maximum Gasteiger partial charge on any atom is 0.151 e. The smallest absolute Gasteiger partial charge is 0.151 e. The highest BCUT2D eigenvalue weighted by molar-refractivity contribution is 8.01. The lowest BCUT2D eigenvalue weighted by atomic mass is 9.86. The topological polar surface area (TPSA) is 33.1 Å². The number of benzene rings is 1. The average molecular weight is 326 g/mol. The highest BCUT2D eigenvalue weighted by Gasteiger charge is 2.38. The quantitative estimate of drug-likeness (QED) is 0.843. The first-order valence-electron chi connectivity index (χ1n) is 6.95. The minimum atomic E-state index is -0.528. The Bertz CT molecular complexity index is 552. The van der Waals surface area contributed by atoms with Gasteiger partial charge in [-0.2, -0.15) is 11.8 Å². The third-order valence-electron chi connectivity index (χ3n) is 3.93. The number of nitrogens with zero attached hydrogens (tertiary/aromatic N) is 1. The molecule has 1 heterocycles. The van der Waals surface area contributed by atoms with Gasteiger partial charge in [0.25, 0.3) is 0 Å². The molecule has 0 bridgehead atoms. The van der Waals surface area contributed by atoms with Gasteiger partial charge in [0.1, 0.15) is 0 Å². The summed E-state index contributed by atoms with van der Waals surface area (Å²) in [6, 6.07) is 8.23. The largest absolute Gasteiger partial charge is 0.388 e. The molecule has 20 heavy (non-hydrogen) atoms. The monoisotopic (exact) mass is 325 g/mol. The van der Waals surface area contributed by atoms with Gasteiger partial charge in [-0.05, 0) is 31.2 Å². The minimum absolute atomic E-state index is 0.373. The van der Waals surface area contributed by atoms with Crippen LogP contribution in [0.3, 0.4) is 0 Å². The van der Waals surface area contributed by atoms with Gasteiger partial charge in [0.2, 0.25) is 0 Å². The van der Waals surface area contributed by atoms with Gasteiger partial charge < -0.3 is 5.11 Å². The molecule has 1 saturated carbocycles. The molecule has 108 valence electrons. The lowest BCUT2D eigenvalue weighted by molar-refractivity contribution is 0.0341. The van der Waals surface area contributed by atoms with Gasteiger partial charge >= 0.3 is 0 Å². The van der Waals surface area contributed by atoms with E-state index in [1.807, 2.05) is 23.9 Å². The van der Waals surface area contributed by atoms with Crippen LogP contribution in [0, 0.1) is 0 Å². The number of hydrogen-bond acceptors (Lipinski definition) is 5. The van der Waals surface area contributed by atoms with Crippen LogP contribution in [0.1, 0.15) is 25.7 Å². The second kappa shape index (κ2) is 6.26. The molecule has 2 aromatic rings. The molecule has 0 spiro atoms. The zero-order valence-electron chi connectivity index (χ0n) is 11.5. The summed E-state index contributed by atoms with van der Waals surface area (Å²) in [5, 5.41) is 11.3. The summed E-state index contributed by atoms with van der Waals surface area (Å²) >= 11 is 5.25. The van der Waals surface area contributed by atoms with Crippen molar-refractivity contribution in [3.8, 4) is 0 Å². The van der Waals surface area contributed by atoms with Crippen molar-refractivity contribution in [3.63, 3.8) is 0 Å². The highest BCUT2D eigenvalue weighted by Crippen LogP contribution is 2.40. The SMILES string of the molecule is CS[C@@H]1CCCC[C@@]1(O)CSc1nc2ccccc2s1. The zero-order chi connectivity index (χ0) is 14.0. The van der Waals surface area contributed by atoms with Gasteiger partial charge in [0.15, 0.2) is 4.34 Å². The first-order chi connectivity index (χ1) is 9.71. The summed E-state index contributed by atoms with van der Waals surface area (Å²) < 4.78 is 2.30. The third-order valence-corrected chi connectivity index (χ3v) is 7.59. The fourth-order valence-electron chi connectivity index (χ4n) is 2.79. The summed E-state index contributed by atoms with van der Waals surface area (Å²) in [5.74, 6) is 0.762. The van der Waals surface area contributed by atoms with E-state index >= 15 is 0 Å². The molecule has 0 aliphatic heterocycles. The Morgan fingerprint density at radius 2 is 2.25 bits per heavy atom. The molecule has 1 aliphatic rings. The summed E-state index contributed by atoms with van der Waals surface area (Å²) in [5.41, 5.74) is 0.539. The number of fused-ring (bicyclic) bond motifs is 1. The number of aliphatic hydroxyl groups is 1. The molecule has 2 atom stereocenters. The van der Waals surface area contributed by atoms with Gasteiger partial charge in [-0.3, -0.25) is 0 Å². The zero-order valence-corrected chi connectivity index (χ0v) is 14.0. The predicted octanol–water partition coefficient (Wildman–Crippen LogP) is 4.43. The molecule has 2 nitrogen and oxygen atoms in total. The Morgan fingerprint density at radius 1 is 1.40 bits per heavy atom. The van der Waals surface area contributed by atoms with E-state index in [0.717, 1.165) is 34.9 Å². The number of para-hydroxylation sites is 1. The number of thiazole rings is 1. The Morgan fingerprint density at radius 3 is 3.05 bits per heavy atom. The van der Waals surface area contributed by atoms with Crippen LogP contribution in [0.2, 0.25) is 0 Å². The summed E-state index contributed by atoms with van der Waals surface area (Å²) in [4.78, 5) is 4.64. The average Bonchev–Trinajstić information content (AvgIpc) is 2.89. The molecule has 0 unspecified atom stereocenters. The minimum Gasteiger partial charge on any atom is -0.388 e. The molecule has 5 heteroatoms. The number of aromatic nitrogens is 1. The van der Waals surface area contributed by atoms with Crippen molar-refractivity contribution < 1.29 is 5.11 Å². The number of thioether (sulfide) groups is 2. The lowest BCUT2D eigenvalue weighted by Crippen LogP contribution is -2.45. The molecular weight excluding hydrogens is 306 g/mol. The van der Waals surface area contributed by atoms with Crippen LogP contribution < -0.4 is 0 Å². The van der Waals surface area contributed by atoms with Crippen molar-refractivity contribution in [2.75, 3.05) is 12.0 Å². The first kappa shape index (κ1) is 14.7. The van der Waals surface area contributed by atoms with Crippen LogP contribution in [-0.2, 0) is 0 Å². The molecule has 0 radical (unpaired) electrons. The Labute approximate surface area is 132 Å². The molecule has 0 amide bonds. The van der Waals surface area contributed by atoms with E-state index in [9.17, 15) is 5.11 Å². The number of hydrogen-bond donors (Lipinski definition) is 1. The standard InChI is InChI=1S/C15H19NOS3/c1-18-13-8-4-5-9-15(13,17)10-19-14-16-11-6-2-3-7-12(11)20-14/h2-3,6-7,13,17H,4-5,8-10H2,1H3/t13-,15-/m1/s1. The third kappa shape index (κ3) is 3.01. The molecular formula is C15H19NOS3. The first-order valence-corrected chi connectivity index (χ1v) is 10.0. The van der Waals surface area contributed by atoms with Gasteiger partial charge in [-0.25, -0.2) is 4.98 Å².